The highest BCUT2D eigenvalue weighted by Gasteiger charge is 2.20. The van der Waals surface area contributed by atoms with Gasteiger partial charge in [-0.3, -0.25) is 4.79 Å². The first-order valence-electron chi connectivity index (χ1n) is 5.83. The molecule has 1 fully saturated rings. The second-order valence-corrected chi connectivity index (χ2v) is 4.26. The number of carbonyl (C=O) groups is 1. The maximum Gasteiger partial charge on any atom is 0.249 e. The molecule has 1 heterocycles. The van der Waals surface area contributed by atoms with Gasteiger partial charge in [-0.05, 0) is 19.3 Å². The molecular weight excluding hydrogens is 192 g/mol. The van der Waals surface area contributed by atoms with E-state index in [0.717, 1.165) is 32.4 Å². The Kier molecular flexibility index (Phi) is 5.65. The van der Waals surface area contributed by atoms with Gasteiger partial charge in [0.1, 0.15) is 6.10 Å². The van der Waals surface area contributed by atoms with Gasteiger partial charge in [0.05, 0.1) is 0 Å². The number of nitrogens with one attached hydrogen (secondary N) is 2. The maximum absolute atomic E-state index is 11.6. The summed E-state index contributed by atoms with van der Waals surface area (Å²) in [4.78, 5) is 11.6. The van der Waals surface area contributed by atoms with Crippen molar-refractivity contribution in [2.45, 2.75) is 45.3 Å². The molecule has 4 nitrogen and oxygen atoms in total. The van der Waals surface area contributed by atoms with Crippen LogP contribution in [0.3, 0.4) is 0 Å². The van der Waals surface area contributed by atoms with E-state index in [1.165, 1.54) is 0 Å². The van der Waals surface area contributed by atoms with Crippen molar-refractivity contribution in [3.05, 3.63) is 0 Å². The van der Waals surface area contributed by atoms with Crippen LogP contribution in [0.2, 0.25) is 0 Å². The van der Waals surface area contributed by atoms with Crippen molar-refractivity contribution >= 4 is 5.91 Å². The normalized spacial score (nSPS) is 21.7. The highest BCUT2D eigenvalue weighted by Crippen LogP contribution is 2.12. The van der Waals surface area contributed by atoms with Crippen molar-refractivity contribution in [2.24, 2.45) is 0 Å². The summed E-state index contributed by atoms with van der Waals surface area (Å²) in [6.07, 6.45) is 2.84. The predicted molar refractivity (Wildman–Crippen MR) is 59.7 cm³/mol. The average Bonchev–Trinajstić information content (AvgIpc) is 2.25. The summed E-state index contributed by atoms with van der Waals surface area (Å²) in [5.74, 6) is 0.0419. The monoisotopic (exact) mass is 214 g/mol. The second-order valence-electron chi connectivity index (χ2n) is 4.26. The number of rotatable bonds is 5. The Hall–Kier alpha value is -0.610. The molecule has 0 bridgehead atoms. The predicted octanol–water partition coefficient (Wildman–Crippen LogP) is 0.670. The van der Waals surface area contributed by atoms with E-state index in [0.29, 0.717) is 12.6 Å². The molecule has 1 amide bonds. The maximum atomic E-state index is 11.6. The van der Waals surface area contributed by atoms with Gasteiger partial charge in [-0.2, -0.15) is 0 Å². The summed E-state index contributed by atoms with van der Waals surface area (Å²) in [7, 11) is 0. The molecule has 1 aliphatic rings. The molecule has 1 atom stereocenters. The highest BCUT2D eigenvalue weighted by molar-refractivity contribution is 5.80. The average molecular weight is 214 g/mol. The summed E-state index contributed by atoms with van der Waals surface area (Å²) in [5, 5.41) is 6.13. The van der Waals surface area contributed by atoms with Gasteiger partial charge in [0.15, 0.2) is 0 Å². The number of hydrogen-bond acceptors (Lipinski definition) is 3. The van der Waals surface area contributed by atoms with Crippen molar-refractivity contribution in [1.82, 2.24) is 10.6 Å². The third kappa shape index (κ3) is 5.14. The largest absolute Gasteiger partial charge is 0.368 e. The van der Waals surface area contributed by atoms with Crippen molar-refractivity contribution in [3.63, 3.8) is 0 Å². The smallest absolute Gasteiger partial charge is 0.249 e. The van der Waals surface area contributed by atoms with E-state index >= 15 is 0 Å². The molecule has 1 unspecified atom stereocenters. The zero-order valence-corrected chi connectivity index (χ0v) is 9.71. The van der Waals surface area contributed by atoms with Gasteiger partial charge >= 0.3 is 0 Å². The van der Waals surface area contributed by atoms with E-state index in [2.05, 4.69) is 24.5 Å². The third-order valence-electron chi connectivity index (χ3n) is 2.45. The van der Waals surface area contributed by atoms with Crippen molar-refractivity contribution in [2.75, 3.05) is 19.7 Å². The van der Waals surface area contributed by atoms with E-state index < -0.39 is 0 Å². The number of amides is 1. The SMILES string of the molecule is CC(C)NCCNC(=O)C1CCCCO1. The van der Waals surface area contributed by atoms with Crippen LogP contribution in [0.25, 0.3) is 0 Å². The number of ether oxygens (including phenoxy) is 1. The van der Waals surface area contributed by atoms with Gasteiger partial charge in [0.25, 0.3) is 0 Å². The van der Waals surface area contributed by atoms with Crippen LogP contribution < -0.4 is 10.6 Å². The Morgan fingerprint density at radius 1 is 1.40 bits per heavy atom. The second kappa shape index (κ2) is 6.80. The van der Waals surface area contributed by atoms with Gasteiger partial charge in [0.2, 0.25) is 5.91 Å². The van der Waals surface area contributed by atoms with Crippen LogP contribution in [-0.4, -0.2) is 37.7 Å². The van der Waals surface area contributed by atoms with E-state index in [9.17, 15) is 4.79 Å². The molecule has 0 aromatic rings. The number of carbonyl (C=O) groups excluding carboxylic acids is 1. The molecule has 1 rings (SSSR count). The number of hydrogen-bond donors (Lipinski definition) is 2. The van der Waals surface area contributed by atoms with E-state index in [4.69, 9.17) is 4.74 Å². The Morgan fingerprint density at radius 3 is 2.80 bits per heavy atom. The zero-order valence-electron chi connectivity index (χ0n) is 9.71. The van der Waals surface area contributed by atoms with Crippen LogP contribution in [0.5, 0.6) is 0 Å². The van der Waals surface area contributed by atoms with Gasteiger partial charge in [-0.25, -0.2) is 0 Å². The standard InChI is InChI=1S/C11H22N2O2/c1-9(2)12-6-7-13-11(14)10-5-3-4-8-15-10/h9-10,12H,3-8H2,1-2H3,(H,13,14). The van der Waals surface area contributed by atoms with Crippen molar-refractivity contribution in [3.8, 4) is 0 Å². The third-order valence-corrected chi connectivity index (χ3v) is 2.45. The fourth-order valence-corrected chi connectivity index (χ4v) is 1.61. The molecule has 0 saturated carbocycles. The molecule has 0 spiro atoms. The van der Waals surface area contributed by atoms with E-state index in [1.54, 1.807) is 0 Å². The van der Waals surface area contributed by atoms with Crippen molar-refractivity contribution in [1.29, 1.82) is 0 Å². The van der Waals surface area contributed by atoms with Crippen LogP contribution in [0.15, 0.2) is 0 Å². The summed E-state index contributed by atoms with van der Waals surface area (Å²) >= 11 is 0. The van der Waals surface area contributed by atoms with Crippen LogP contribution in [0.4, 0.5) is 0 Å². The van der Waals surface area contributed by atoms with Crippen LogP contribution in [-0.2, 0) is 9.53 Å². The summed E-state index contributed by atoms with van der Waals surface area (Å²) in [5.41, 5.74) is 0. The minimum Gasteiger partial charge on any atom is -0.368 e. The lowest BCUT2D eigenvalue weighted by atomic mass is 10.1. The van der Waals surface area contributed by atoms with Crippen molar-refractivity contribution < 1.29 is 9.53 Å². The lowest BCUT2D eigenvalue weighted by Gasteiger charge is -2.21. The van der Waals surface area contributed by atoms with Crippen LogP contribution >= 0.6 is 0 Å². The molecule has 4 heteroatoms. The fourth-order valence-electron chi connectivity index (χ4n) is 1.61. The Morgan fingerprint density at radius 2 is 2.20 bits per heavy atom. The molecule has 0 aliphatic carbocycles. The quantitative estimate of drug-likeness (QED) is 0.661. The first kappa shape index (κ1) is 12.5. The first-order valence-corrected chi connectivity index (χ1v) is 5.83. The van der Waals surface area contributed by atoms with E-state index in [1.807, 2.05) is 0 Å². The molecule has 0 radical (unpaired) electrons. The molecule has 0 aromatic carbocycles. The summed E-state index contributed by atoms with van der Waals surface area (Å²) in [6.45, 7) is 6.40. The summed E-state index contributed by atoms with van der Waals surface area (Å²) in [6, 6.07) is 0.466. The molecule has 1 saturated heterocycles. The fraction of sp³-hybridized carbons (Fsp3) is 0.909. The summed E-state index contributed by atoms with van der Waals surface area (Å²) < 4.78 is 5.39. The van der Waals surface area contributed by atoms with Gasteiger partial charge in [-0.15, -0.1) is 0 Å². The van der Waals surface area contributed by atoms with Gasteiger partial charge in [-0.1, -0.05) is 13.8 Å². The Bertz CT molecular complexity index is 189. The van der Waals surface area contributed by atoms with E-state index in [-0.39, 0.29) is 12.0 Å². The minimum atomic E-state index is -0.210. The Labute approximate surface area is 91.8 Å². The highest BCUT2D eigenvalue weighted by atomic mass is 16.5. The zero-order chi connectivity index (χ0) is 11.1. The molecule has 1 aliphatic heterocycles. The molecule has 2 N–H and O–H groups in total. The van der Waals surface area contributed by atoms with Gasteiger partial charge < -0.3 is 15.4 Å². The molecular formula is C11H22N2O2. The lowest BCUT2D eigenvalue weighted by Crippen LogP contribution is -2.41. The van der Waals surface area contributed by atoms with Gasteiger partial charge in [0, 0.05) is 25.7 Å². The molecule has 0 aromatic heterocycles. The molecule has 88 valence electrons. The molecule has 15 heavy (non-hydrogen) atoms. The van der Waals surface area contributed by atoms with Crippen LogP contribution in [0.1, 0.15) is 33.1 Å². The topological polar surface area (TPSA) is 50.4 Å². The first-order chi connectivity index (χ1) is 7.20. The Balaban J connectivity index is 2.07. The minimum absolute atomic E-state index is 0.0419. The van der Waals surface area contributed by atoms with Crippen LogP contribution in [0, 0.1) is 0 Å². The lowest BCUT2D eigenvalue weighted by molar-refractivity contribution is -0.135.